The van der Waals surface area contributed by atoms with E-state index in [0.717, 1.165) is 63.9 Å². The van der Waals surface area contributed by atoms with Crippen molar-refractivity contribution in [3.63, 3.8) is 0 Å². The van der Waals surface area contributed by atoms with Crippen LogP contribution >= 0.6 is 0 Å². The summed E-state index contributed by atoms with van der Waals surface area (Å²) in [4.78, 5) is 86.7. The molecule has 0 saturated heterocycles. The largest absolute Gasteiger partial charge is 0.372 e. The van der Waals surface area contributed by atoms with Crippen molar-refractivity contribution in [3.05, 3.63) is 0 Å². The van der Waals surface area contributed by atoms with Crippen LogP contribution in [0.15, 0.2) is 0 Å². The highest BCUT2D eigenvalue weighted by Crippen LogP contribution is 2.10. The molecule has 3 amide bonds. The van der Waals surface area contributed by atoms with Crippen molar-refractivity contribution < 1.29 is 38.4 Å². The Morgan fingerprint density at radius 1 is 0.620 bits per heavy atom. The molecule has 0 bridgehead atoms. The highest BCUT2D eigenvalue weighted by molar-refractivity contribution is 5.86. The summed E-state index contributed by atoms with van der Waals surface area (Å²) in [6, 6.07) is -0.453. The lowest BCUT2D eigenvalue weighted by molar-refractivity contribution is -0.126. The van der Waals surface area contributed by atoms with Crippen LogP contribution < -0.4 is 21.7 Å². The molecule has 0 saturated carbocycles. The number of amides is 3. The maximum atomic E-state index is 11.9. The van der Waals surface area contributed by atoms with Gasteiger partial charge in [0.25, 0.3) is 0 Å². The molecule has 0 aliphatic carbocycles. The summed E-state index contributed by atoms with van der Waals surface area (Å²) in [5, 5.41) is 8.61. The van der Waals surface area contributed by atoms with E-state index in [1.165, 1.54) is 0 Å². The van der Waals surface area contributed by atoms with Crippen LogP contribution in [0.2, 0.25) is 0 Å². The van der Waals surface area contributed by atoms with Crippen molar-refractivity contribution in [2.24, 2.45) is 29.4 Å². The lowest BCUT2D eigenvalue weighted by Gasteiger charge is -2.17. The van der Waals surface area contributed by atoms with E-state index in [0.29, 0.717) is 38.0 Å². The van der Waals surface area contributed by atoms with E-state index in [1.54, 1.807) is 7.05 Å². The Bertz CT molecular complexity index is 936. The van der Waals surface area contributed by atoms with E-state index in [9.17, 15) is 33.6 Å². The topological polar surface area (TPSA) is 199 Å². The number of carbonyl (C=O) groups excluding carboxylic acids is 8. The van der Waals surface area contributed by atoms with Gasteiger partial charge >= 0.3 is 0 Å². The number of Topliss-reactive ketones (excluding diaryl/α,β-unsaturated/α-hetero) is 3. The van der Waals surface area contributed by atoms with Crippen LogP contribution in [0.4, 0.5) is 0 Å². The lowest BCUT2D eigenvalue weighted by Crippen LogP contribution is -2.36. The minimum atomic E-state index is -0.355. The Kier molecular flexibility index (Phi) is 39.6. The molecular formula is C38H72N4O8. The first kappa shape index (κ1) is 53.5. The van der Waals surface area contributed by atoms with Crippen LogP contribution in [0, 0.1) is 23.7 Å². The Morgan fingerprint density at radius 2 is 1.12 bits per heavy atom. The van der Waals surface area contributed by atoms with Crippen molar-refractivity contribution >= 4 is 48.1 Å². The molecule has 0 aliphatic heterocycles. The Balaban J connectivity index is -0.000000348. The summed E-state index contributed by atoms with van der Waals surface area (Å²) >= 11 is 0. The summed E-state index contributed by atoms with van der Waals surface area (Å²) in [6.07, 6.45) is 11.5. The van der Waals surface area contributed by atoms with Gasteiger partial charge < -0.3 is 31.3 Å². The van der Waals surface area contributed by atoms with Crippen molar-refractivity contribution in [3.8, 4) is 0 Å². The first-order valence-corrected chi connectivity index (χ1v) is 18.4. The minimum Gasteiger partial charge on any atom is -0.372 e. The summed E-state index contributed by atoms with van der Waals surface area (Å²) in [5.74, 6) is 0.920. The van der Waals surface area contributed by atoms with E-state index < -0.39 is 0 Å². The molecule has 0 aromatic heterocycles. The number of unbranched alkanes of at least 4 members (excludes halogenated alkanes) is 4. The predicted molar refractivity (Wildman–Crippen MR) is 200 cm³/mol. The van der Waals surface area contributed by atoms with Gasteiger partial charge in [0.2, 0.25) is 18.2 Å². The fraction of sp³-hybridized carbons (Fsp3) is 0.789. The van der Waals surface area contributed by atoms with Gasteiger partial charge in [-0.1, -0.05) is 81.6 Å². The number of rotatable bonds is 25. The van der Waals surface area contributed by atoms with Crippen molar-refractivity contribution in [1.82, 2.24) is 16.0 Å². The van der Waals surface area contributed by atoms with Crippen LogP contribution in [0.25, 0.3) is 0 Å². The van der Waals surface area contributed by atoms with Crippen LogP contribution in [0.1, 0.15) is 146 Å². The molecule has 0 aliphatic rings. The SMILES string of the molecule is CC(C)C=O.CCCC(=O)NC(C=O)CCCCCCC(=O)C(C)C.CNC(CCCCNC(=O)CCC(=O)C(C)C)C(=O)C(C)C.NC=O. The molecule has 0 spiro atoms. The third-order valence-corrected chi connectivity index (χ3v) is 7.34. The third-order valence-electron chi connectivity index (χ3n) is 7.34. The van der Waals surface area contributed by atoms with Gasteiger partial charge in [-0.25, -0.2) is 0 Å². The smallest absolute Gasteiger partial charge is 0.220 e. The zero-order valence-electron chi connectivity index (χ0n) is 32.9. The molecule has 0 heterocycles. The van der Waals surface area contributed by atoms with Crippen LogP contribution in [-0.2, 0) is 38.4 Å². The number of primary amides is 1. The standard InChI is InChI=1S/C17H32N2O3.C16H29NO3.C4H8O.CH3NO/c1-12(2)15(20)9-10-16(21)19-11-7-6-8-14(18-5)17(22)13(3)4;1-4-9-16(20)17-14(12-18)10-7-5-6-8-11-15(19)13(2)3;1-4(2)3-5;2-1-3/h12-14,18H,6-11H2,1-5H3,(H,19,21);12-14H,4-11H2,1-3H3,(H,17,20);3-4H,1-2H3;1H,(H2,2,3). The van der Waals surface area contributed by atoms with Gasteiger partial charge in [-0.3, -0.25) is 28.8 Å². The molecule has 0 aromatic rings. The third kappa shape index (κ3) is 37.5. The fourth-order valence-corrected chi connectivity index (χ4v) is 4.13. The zero-order chi connectivity index (χ0) is 39.5. The second-order valence-corrected chi connectivity index (χ2v) is 13.5. The van der Waals surface area contributed by atoms with Gasteiger partial charge in [0, 0.05) is 55.9 Å². The lowest BCUT2D eigenvalue weighted by atomic mass is 9.97. The Labute approximate surface area is 303 Å². The molecule has 0 rings (SSSR count). The number of hydrogen-bond donors (Lipinski definition) is 4. The minimum absolute atomic E-state index is 0.00947. The first-order valence-electron chi connectivity index (χ1n) is 18.4. The number of ketones is 3. The molecule has 0 aromatic carbocycles. The Hall–Kier alpha value is -3.28. The zero-order valence-corrected chi connectivity index (χ0v) is 32.9. The molecular weight excluding hydrogens is 640 g/mol. The average molecular weight is 713 g/mol. The first-order chi connectivity index (χ1) is 23.5. The van der Waals surface area contributed by atoms with Gasteiger partial charge in [0.05, 0.1) is 12.1 Å². The maximum absolute atomic E-state index is 11.9. The number of nitrogens with two attached hydrogens (primary N) is 1. The predicted octanol–water partition coefficient (Wildman–Crippen LogP) is 5.07. The van der Waals surface area contributed by atoms with Crippen molar-refractivity contribution in [2.75, 3.05) is 13.6 Å². The van der Waals surface area contributed by atoms with Crippen molar-refractivity contribution in [1.29, 1.82) is 0 Å². The molecule has 0 radical (unpaired) electrons. The van der Waals surface area contributed by atoms with Gasteiger partial charge in [-0.2, -0.15) is 0 Å². The monoisotopic (exact) mass is 713 g/mol. The maximum Gasteiger partial charge on any atom is 0.220 e. The van der Waals surface area contributed by atoms with Gasteiger partial charge in [-0.15, -0.1) is 0 Å². The van der Waals surface area contributed by atoms with Crippen LogP contribution in [0.5, 0.6) is 0 Å². The average Bonchev–Trinajstić information content (AvgIpc) is 3.06. The number of aldehydes is 2. The van der Waals surface area contributed by atoms with Gasteiger partial charge in [0.1, 0.15) is 24.1 Å². The number of nitrogens with one attached hydrogen (secondary N) is 3. The highest BCUT2D eigenvalue weighted by Gasteiger charge is 2.18. The molecule has 12 heteroatoms. The summed E-state index contributed by atoms with van der Waals surface area (Å²) in [5.41, 5.74) is 4.17. The molecule has 292 valence electrons. The van der Waals surface area contributed by atoms with E-state index in [2.05, 4.69) is 21.7 Å². The van der Waals surface area contributed by atoms with Crippen molar-refractivity contribution in [2.45, 2.75) is 158 Å². The second-order valence-electron chi connectivity index (χ2n) is 13.5. The summed E-state index contributed by atoms with van der Waals surface area (Å²) < 4.78 is 0. The van der Waals surface area contributed by atoms with E-state index in [-0.39, 0.29) is 72.0 Å². The molecule has 2 atom stereocenters. The molecule has 2 unspecified atom stereocenters. The molecule has 50 heavy (non-hydrogen) atoms. The summed E-state index contributed by atoms with van der Waals surface area (Å²) in [7, 11) is 1.80. The normalized spacial score (nSPS) is 11.5. The number of carbonyl (C=O) groups is 8. The van der Waals surface area contributed by atoms with Gasteiger partial charge in [-0.05, 0) is 45.6 Å². The van der Waals surface area contributed by atoms with Crippen LogP contribution in [0.3, 0.4) is 0 Å². The van der Waals surface area contributed by atoms with E-state index in [1.807, 2.05) is 62.3 Å². The summed E-state index contributed by atoms with van der Waals surface area (Å²) in [6.45, 7) is 17.6. The molecule has 5 N–H and O–H groups in total. The van der Waals surface area contributed by atoms with Gasteiger partial charge in [0.15, 0.2) is 5.78 Å². The van der Waals surface area contributed by atoms with Crippen LogP contribution in [-0.4, -0.2) is 73.8 Å². The number of hydrogen-bond acceptors (Lipinski definition) is 9. The Morgan fingerprint density at radius 3 is 1.56 bits per heavy atom. The fourth-order valence-electron chi connectivity index (χ4n) is 4.13. The van der Waals surface area contributed by atoms with E-state index in [4.69, 9.17) is 4.79 Å². The second kappa shape index (κ2) is 37.0. The molecule has 12 nitrogen and oxygen atoms in total. The number of likely N-dealkylation sites (N-methyl/N-ethyl adjacent to an activating group) is 1. The van der Waals surface area contributed by atoms with E-state index >= 15 is 0 Å². The quantitative estimate of drug-likeness (QED) is 0.0737. The highest BCUT2D eigenvalue weighted by atomic mass is 16.2. The molecule has 0 fully saturated rings.